The maximum atomic E-state index is 11.1. The third-order valence-corrected chi connectivity index (χ3v) is 4.22. The minimum Gasteiger partial charge on any atom is -0.481 e. The van der Waals surface area contributed by atoms with Gasteiger partial charge in [0.25, 0.3) is 0 Å². The third-order valence-electron chi connectivity index (χ3n) is 3.73. The van der Waals surface area contributed by atoms with Gasteiger partial charge < -0.3 is 10.0 Å². The molecular formula is C15H15BrN2O2. The second kappa shape index (κ2) is 5.40. The van der Waals surface area contributed by atoms with Gasteiger partial charge in [-0.15, -0.1) is 0 Å². The average Bonchev–Trinajstić information content (AvgIpc) is 2.47. The molecule has 1 aromatic carbocycles. The highest BCUT2D eigenvalue weighted by atomic mass is 79.9. The molecule has 1 aromatic heterocycles. The van der Waals surface area contributed by atoms with Crippen LogP contribution < -0.4 is 4.90 Å². The molecule has 2 aromatic rings. The van der Waals surface area contributed by atoms with E-state index in [1.54, 1.807) is 0 Å². The van der Waals surface area contributed by atoms with E-state index in [0.29, 0.717) is 6.54 Å². The van der Waals surface area contributed by atoms with Crippen LogP contribution in [0.5, 0.6) is 0 Å². The van der Waals surface area contributed by atoms with Crippen molar-refractivity contribution >= 4 is 38.6 Å². The van der Waals surface area contributed by atoms with Crippen LogP contribution in [-0.2, 0) is 4.79 Å². The predicted octanol–water partition coefficient (Wildman–Crippen LogP) is 3.30. The second-order valence-electron chi connectivity index (χ2n) is 5.13. The van der Waals surface area contributed by atoms with E-state index in [1.807, 2.05) is 30.3 Å². The number of hydrogen-bond donors (Lipinski definition) is 1. The molecular weight excluding hydrogens is 320 g/mol. The zero-order chi connectivity index (χ0) is 14.1. The molecule has 5 heteroatoms. The summed E-state index contributed by atoms with van der Waals surface area (Å²) < 4.78 is 1.03. The van der Waals surface area contributed by atoms with Gasteiger partial charge in [0, 0.05) is 22.9 Å². The van der Waals surface area contributed by atoms with Crippen molar-refractivity contribution in [3.63, 3.8) is 0 Å². The largest absolute Gasteiger partial charge is 0.481 e. The number of anilines is 1. The smallest absolute Gasteiger partial charge is 0.308 e. The molecule has 0 spiro atoms. The first-order valence-corrected chi connectivity index (χ1v) is 7.47. The molecule has 104 valence electrons. The van der Waals surface area contributed by atoms with Crippen molar-refractivity contribution in [2.45, 2.75) is 12.8 Å². The molecule has 0 aliphatic carbocycles. The summed E-state index contributed by atoms with van der Waals surface area (Å²) >= 11 is 3.45. The van der Waals surface area contributed by atoms with Crippen LogP contribution in [0.1, 0.15) is 12.8 Å². The fourth-order valence-corrected chi connectivity index (χ4v) is 3.03. The van der Waals surface area contributed by atoms with E-state index < -0.39 is 5.97 Å². The number of carboxylic acids is 1. The topological polar surface area (TPSA) is 53.4 Å². The highest BCUT2D eigenvalue weighted by Gasteiger charge is 2.26. The first-order valence-electron chi connectivity index (χ1n) is 6.67. The van der Waals surface area contributed by atoms with Crippen LogP contribution in [0.3, 0.4) is 0 Å². The lowest BCUT2D eigenvalue weighted by Gasteiger charge is -2.31. The van der Waals surface area contributed by atoms with Crippen LogP contribution in [0.4, 0.5) is 5.82 Å². The number of fused-ring (bicyclic) bond motifs is 1. The molecule has 20 heavy (non-hydrogen) atoms. The maximum Gasteiger partial charge on any atom is 0.308 e. The van der Waals surface area contributed by atoms with E-state index in [4.69, 9.17) is 5.11 Å². The number of carbonyl (C=O) groups is 1. The minimum atomic E-state index is -0.709. The van der Waals surface area contributed by atoms with Crippen molar-refractivity contribution in [2.24, 2.45) is 5.92 Å². The highest BCUT2D eigenvalue weighted by Crippen LogP contribution is 2.25. The van der Waals surface area contributed by atoms with Crippen LogP contribution in [0.2, 0.25) is 0 Å². The van der Waals surface area contributed by atoms with E-state index in [1.165, 1.54) is 0 Å². The quantitative estimate of drug-likeness (QED) is 0.915. The number of piperidine rings is 1. The van der Waals surface area contributed by atoms with Gasteiger partial charge in [-0.2, -0.15) is 0 Å². The lowest BCUT2D eigenvalue weighted by Crippen LogP contribution is -2.39. The fourth-order valence-electron chi connectivity index (χ4n) is 2.65. The lowest BCUT2D eigenvalue weighted by molar-refractivity contribution is -0.141. The summed E-state index contributed by atoms with van der Waals surface area (Å²) in [5.74, 6) is -0.128. The van der Waals surface area contributed by atoms with Gasteiger partial charge in [-0.3, -0.25) is 4.79 Å². The standard InChI is InChI=1S/C15H15BrN2O2/c16-12-4-5-13-10(8-12)3-6-14(17-13)18-7-1-2-11(9-18)15(19)20/h3-6,8,11H,1-2,7,9H2,(H,19,20). The van der Waals surface area contributed by atoms with Gasteiger partial charge in [-0.25, -0.2) is 4.98 Å². The Morgan fingerprint density at radius 1 is 1.35 bits per heavy atom. The lowest BCUT2D eigenvalue weighted by atomic mass is 9.98. The van der Waals surface area contributed by atoms with Crippen LogP contribution in [0, 0.1) is 5.92 Å². The number of benzene rings is 1. The Kier molecular flexibility index (Phi) is 3.61. The first-order chi connectivity index (χ1) is 9.63. The summed E-state index contributed by atoms with van der Waals surface area (Å²) in [5, 5.41) is 10.2. The minimum absolute atomic E-state index is 0.286. The normalized spacial score (nSPS) is 19.2. The molecule has 1 N–H and O–H groups in total. The molecule has 4 nitrogen and oxygen atoms in total. The number of pyridine rings is 1. The SMILES string of the molecule is O=C(O)C1CCCN(c2ccc3cc(Br)ccc3n2)C1. The Hall–Kier alpha value is -1.62. The Labute approximate surface area is 125 Å². The molecule has 0 radical (unpaired) electrons. The van der Waals surface area contributed by atoms with Crippen LogP contribution in [-0.4, -0.2) is 29.1 Å². The zero-order valence-corrected chi connectivity index (χ0v) is 12.5. The number of aromatic nitrogens is 1. The molecule has 0 amide bonds. The summed E-state index contributed by atoms with van der Waals surface area (Å²) in [7, 11) is 0. The van der Waals surface area contributed by atoms with Gasteiger partial charge in [0.2, 0.25) is 0 Å². The Balaban J connectivity index is 1.90. The Bertz CT molecular complexity index is 659. The predicted molar refractivity (Wildman–Crippen MR) is 82.0 cm³/mol. The summed E-state index contributed by atoms with van der Waals surface area (Å²) in [4.78, 5) is 17.8. The monoisotopic (exact) mass is 334 g/mol. The second-order valence-corrected chi connectivity index (χ2v) is 6.05. The summed E-state index contributed by atoms with van der Waals surface area (Å²) in [5.41, 5.74) is 0.933. The number of halogens is 1. The van der Waals surface area contributed by atoms with E-state index in [9.17, 15) is 4.79 Å². The number of hydrogen-bond acceptors (Lipinski definition) is 3. The summed E-state index contributed by atoms with van der Waals surface area (Å²) in [6.07, 6.45) is 1.66. The van der Waals surface area contributed by atoms with Crippen LogP contribution in [0.15, 0.2) is 34.8 Å². The Morgan fingerprint density at radius 3 is 3.00 bits per heavy atom. The maximum absolute atomic E-state index is 11.1. The molecule has 0 bridgehead atoms. The third kappa shape index (κ3) is 2.63. The van der Waals surface area contributed by atoms with Gasteiger partial charge in [0.05, 0.1) is 11.4 Å². The highest BCUT2D eigenvalue weighted by molar-refractivity contribution is 9.10. The van der Waals surface area contributed by atoms with Crippen molar-refractivity contribution < 1.29 is 9.90 Å². The first kappa shape index (κ1) is 13.4. The molecule has 1 saturated heterocycles. The molecule has 3 rings (SSSR count). The van der Waals surface area contributed by atoms with E-state index in [2.05, 4.69) is 25.8 Å². The number of nitrogens with zero attached hydrogens (tertiary/aromatic N) is 2. The molecule has 2 heterocycles. The van der Waals surface area contributed by atoms with Crippen molar-refractivity contribution in [3.05, 3.63) is 34.8 Å². The van der Waals surface area contributed by atoms with Crippen molar-refractivity contribution in [2.75, 3.05) is 18.0 Å². The zero-order valence-electron chi connectivity index (χ0n) is 10.9. The number of rotatable bonds is 2. The van der Waals surface area contributed by atoms with Gasteiger partial charge in [-0.05, 0) is 43.2 Å². The molecule has 0 saturated carbocycles. The molecule has 1 atom stereocenters. The van der Waals surface area contributed by atoms with Crippen molar-refractivity contribution in [1.82, 2.24) is 4.98 Å². The molecule has 1 unspecified atom stereocenters. The number of carboxylic acid groups (broad SMARTS) is 1. The fraction of sp³-hybridized carbons (Fsp3) is 0.333. The van der Waals surface area contributed by atoms with Crippen LogP contribution in [0.25, 0.3) is 10.9 Å². The van der Waals surface area contributed by atoms with Crippen molar-refractivity contribution in [1.29, 1.82) is 0 Å². The number of aliphatic carboxylic acids is 1. The van der Waals surface area contributed by atoms with Crippen molar-refractivity contribution in [3.8, 4) is 0 Å². The van der Waals surface area contributed by atoms with Crippen LogP contribution >= 0.6 is 15.9 Å². The average molecular weight is 335 g/mol. The van der Waals surface area contributed by atoms with E-state index in [0.717, 1.165) is 40.6 Å². The van der Waals surface area contributed by atoms with Gasteiger partial charge in [0.15, 0.2) is 0 Å². The van der Waals surface area contributed by atoms with Gasteiger partial charge in [-0.1, -0.05) is 15.9 Å². The summed E-state index contributed by atoms with van der Waals surface area (Å²) in [6.45, 7) is 1.42. The van der Waals surface area contributed by atoms with Gasteiger partial charge >= 0.3 is 5.97 Å². The van der Waals surface area contributed by atoms with E-state index >= 15 is 0 Å². The van der Waals surface area contributed by atoms with E-state index in [-0.39, 0.29) is 5.92 Å². The molecule has 1 fully saturated rings. The molecule has 1 aliphatic heterocycles. The molecule has 1 aliphatic rings. The van der Waals surface area contributed by atoms with Gasteiger partial charge in [0.1, 0.15) is 5.82 Å². The summed E-state index contributed by atoms with van der Waals surface area (Å²) in [6, 6.07) is 9.98. The Morgan fingerprint density at radius 2 is 2.20 bits per heavy atom.